The van der Waals surface area contributed by atoms with E-state index in [1.807, 2.05) is 85.8 Å². The van der Waals surface area contributed by atoms with Gasteiger partial charge < -0.3 is 15.1 Å². The maximum Gasteiger partial charge on any atom is 0.255 e. The van der Waals surface area contributed by atoms with Crippen molar-refractivity contribution < 1.29 is 9.59 Å². The van der Waals surface area contributed by atoms with Crippen LogP contribution in [-0.4, -0.2) is 41.2 Å². The second kappa shape index (κ2) is 12.6. The zero-order valence-corrected chi connectivity index (χ0v) is 21.9. The third-order valence-electron chi connectivity index (χ3n) is 6.23. The molecular formula is C29H36ClN3O2. The Morgan fingerprint density at radius 3 is 2.40 bits per heavy atom. The number of amides is 2. The van der Waals surface area contributed by atoms with Gasteiger partial charge >= 0.3 is 0 Å². The molecule has 2 aromatic carbocycles. The maximum atomic E-state index is 14.0. The summed E-state index contributed by atoms with van der Waals surface area (Å²) < 4.78 is 0. The molecule has 1 aliphatic rings. The number of benzene rings is 2. The van der Waals surface area contributed by atoms with Crippen molar-refractivity contribution in [3.05, 3.63) is 94.8 Å². The summed E-state index contributed by atoms with van der Waals surface area (Å²) in [6.45, 7) is 7.05. The number of likely N-dealkylation sites (N-methyl/N-ethyl adjacent to an activating group) is 1. The van der Waals surface area contributed by atoms with Gasteiger partial charge in [-0.15, -0.1) is 11.6 Å². The van der Waals surface area contributed by atoms with Gasteiger partial charge in [0, 0.05) is 37.3 Å². The van der Waals surface area contributed by atoms with Crippen LogP contribution >= 0.6 is 11.6 Å². The van der Waals surface area contributed by atoms with Crippen molar-refractivity contribution >= 4 is 23.4 Å². The van der Waals surface area contributed by atoms with E-state index in [1.54, 1.807) is 4.90 Å². The molecule has 3 rings (SSSR count). The molecule has 0 radical (unpaired) electrons. The Morgan fingerprint density at radius 1 is 1.09 bits per heavy atom. The fraction of sp³-hybridized carbons (Fsp3) is 0.379. The summed E-state index contributed by atoms with van der Waals surface area (Å²) >= 11 is 5.98. The van der Waals surface area contributed by atoms with Crippen molar-refractivity contribution in [1.82, 2.24) is 15.1 Å². The normalized spacial score (nSPS) is 14.0. The van der Waals surface area contributed by atoms with Crippen LogP contribution in [0.15, 0.2) is 72.6 Å². The molecule has 5 nitrogen and oxygen atoms in total. The monoisotopic (exact) mass is 493 g/mol. The van der Waals surface area contributed by atoms with Crippen molar-refractivity contribution in [3.63, 3.8) is 0 Å². The minimum absolute atomic E-state index is 0.168. The van der Waals surface area contributed by atoms with Gasteiger partial charge in [-0.3, -0.25) is 9.59 Å². The summed E-state index contributed by atoms with van der Waals surface area (Å²) in [7, 11) is 1.92. The quantitative estimate of drug-likeness (QED) is 0.436. The number of alkyl halides is 1. The first-order chi connectivity index (χ1) is 16.8. The number of rotatable bonds is 10. The van der Waals surface area contributed by atoms with E-state index in [0.29, 0.717) is 36.9 Å². The van der Waals surface area contributed by atoms with Crippen LogP contribution in [0.5, 0.6) is 0 Å². The van der Waals surface area contributed by atoms with Gasteiger partial charge in [0.1, 0.15) is 0 Å². The van der Waals surface area contributed by atoms with Crippen LogP contribution in [0.2, 0.25) is 0 Å². The molecule has 0 spiro atoms. The molecule has 0 saturated carbocycles. The molecular weight excluding hydrogens is 458 g/mol. The van der Waals surface area contributed by atoms with Crippen LogP contribution in [0.4, 0.5) is 0 Å². The standard InChI is InChI=1S/C29H36ClN3O2/c1-21(2)16-17-31-28(34)27(26-11-7-8-18-32(26)4)33(20-24-14-12-23(19-30)13-15-24)29(35)25-10-6-5-9-22(25)3/h5-6,8-15,18,21,27H,7,16-17,19-20H2,1-4H3,(H,31,34). The van der Waals surface area contributed by atoms with Crippen LogP contribution < -0.4 is 5.32 Å². The largest absolute Gasteiger partial charge is 0.354 e. The second-order valence-electron chi connectivity index (χ2n) is 9.43. The number of allylic oxidation sites excluding steroid dienone is 2. The molecule has 1 aliphatic heterocycles. The molecule has 186 valence electrons. The molecule has 6 heteroatoms. The van der Waals surface area contributed by atoms with E-state index in [9.17, 15) is 9.59 Å². The third-order valence-corrected chi connectivity index (χ3v) is 6.54. The Bertz CT molecular complexity index is 1080. The fourth-order valence-electron chi connectivity index (χ4n) is 4.14. The van der Waals surface area contributed by atoms with Gasteiger partial charge in [-0.1, -0.05) is 68.5 Å². The van der Waals surface area contributed by atoms with Gasteiger partial charge in [-0.05, 0) is 54.6 Å². The molecule has 1 N–H and O–H groups in total. The third kappa shape index (κ3) is 6.98. The van der Waals surface area contributed by atoms with Gasteiger partial charge in [0.25, 0.3) is 5.91 Å². The van der Waals surface area contributed by atoms with Crippen LogP contribution in [0.25, 0.3) is 0 Å². The predicted octanol–water partition coefficient (Wildman–Crippen LogP) is 5.64. The summed E-state index contributed by atoms with van der Waals surface area (Å²) in [5, 5.41) is 3.10. The van der Waals surface area contributed by atoms with E-state index in [-0.39, 0.29) is 11.8 Å². The highest BCUT2D eigenvalue weighted by Crippen LogP contribution is 2.25. The number of carbonyl (C=O) groups excluding carboxylic acids is 2. The molecule has 2 aromatic rings. The number of hydrogen-bond donors (Lipinski definition) is 1. The van der Waals surface area contributed by atoms with E-state index in [1.165, 1.54) is 0 Å². The minimum Gasteiger partial charge on any atom is -0.354 e. The highest BCUT2D eigenvalue weighted by Gasteiger charge is 2.35. The number of halogens is 1. The van der Waals surface area contributed by atoms with Gasteiger partial charge in [-0.25, -0.2) is 0 Å². The first kappa shape index (κ1) is 26.6. The molecule has 0 bridgehead atoms. The van der Waals surface area contributed by atoms with Gasteiger partial charge in [0.15, 0.2) is 6.04 Å². The van der Waals surface area contributed by atoms with Crippen LogP contribution in [0, 0.1) is 12.8 Å². The predicted molar refractivity (Wildman–Crippen MR) is 143 cm³/mol. The number of nitrogens with one attached hydrogen (secondary N) is 1. The fourth-order valence-corrected chi connectivity index (χ4v) is 4.32. The van der Waals surface area contributed by atoms with E-state index >= 15 is 0 Å². The molecule has 0 aliphatic carbocycles. The van der Waals surface area contributed by atoms with Crippen LogP contribution in [0.1, 0.15) is 53.7 Å². The lowest BCUT2D eigenvalue weighted by molar-refractivity contribution is -0.125. The Morgan fingerprint density at radius 2 is 1.77 bits per heavy atom. The summed E-state index contributed by atoms with van der Waals surface area (Å²) in [5.41, 5.74) is 4.23. The van der Waals surface area contributed by atoms with Gasteiger partial charge in [0.2, 0.25) is 5.91 Å². The van der Waals surface area contributed by atoms with Crippen LogP contribution in [-0.2, 0) is 17.2 Å². The SMILES string of the molecule is Cc1ccccc1C(=O)N(Cc1ccc(CCl)cc1)C(C(=O)NCCC(C)C)C1=CCC=CN1C. The Labute approximate surface area is 214 Å². The number of carbonyl (C=O) groups is 2. The van der Waals surface area contributed by atoms with Gasteiger partial charge in [-0.2, -0.15) is 0 Å². The highest BCUT2D eigenvalue weighted by atomic mass is 35.5. The van der Waals surface area contributed by atoms with E-state index in [4.69, 9.17) is 11.6 Å². The Hall–Kier alpha value is -3.05. The molecule has 1 heterocycles. The van der Waals surface area contributed by atoms with Gasteiger partial charge in [0.05, 0.1) is 0 Å². The molecule has 0 aromatic heterocycles. The average Bonchev–Trinajstić information content (AvgIpc) is 2.85. The molecule has 2 amide bonds. The summed E-state index contributed by atoms with van der Waals surface area (Å²) in [5.74, 6) is 0.561. The Kier molecular flexibility index (Phi) is 9.55. The first-order valence-corrected chi connectivity index (χ1v) is 12.7. The van der Waals surface area contributed by atoms with E-state index in [0.717, 1.165) is 28.8 Å². The van der Waals surface area contributed by atoms with Crippen LogP contribution in [0.3, 0.4) is 0 Å². The molecule has 0 fully saturated rings. The zero-order valence-electron chi connectivity index (χ0n) is 21.1. The van der Waals surface area contributed by atoms with Crippen molar-refractivity contribution in [1.29, 1.82) is 0 Å². The maximum absolute atomic E-state index is 14.0. The van der Waals surface area contributed by atoms with E-state index < -0.39 is 6.04 Å². The number of nitrogens with zero attached hydrogens (tertiary/aromatic N) is 2. The van der Waals surface area contributed by atoms with Crippen molar-refractivity contribution in [2.24, 2.45) is 5.92 Å². The number of aryl methyl sites for hydroxylation is 1. The lowest BCUT2D eigenvalue weighted by Crippen LogP contribution is -2.52. The summed E-state index contributed by atoms with van der Waals surface area (Å²) in [6, 6.07) is 14.6. The second-order valence-corrected chi connectivity index (χ2v) is 9.70. The minimum atomic E-state index is -0.767. The summed E-state index contributed by atoms with van der Waals surface area (Å²) in [4.78, 5) is 31.4. The Balaban J connectivity index is 2.04. The number of hydrogen-bond acceptors (Lipinski definition) is 3. The van der Waals surface area contributed by atoms with Crippen molar-refractivity contribution in [2.45, 2.75) is 52.1 Å². The molecule has 1 unspecified atom stereocenters. The lowest BCUT2D eigenvalue weighted by Gasteiger charge is -2.37. The van der Waals surface area contributed by atoms with Crippen molar-refractivity contribution in [3.8, 4) is 0 Å². The lowest BCUT2D eigenvalue weighted by atomic mass is 10.0. The van der Waals surface area contributed by atoms with E-state index in [2.05, 4.69) is 19.2 Å². The summed E-state index contributed by atoms with van der Waals surface area (Å²) in [6.07, 6.45) is 7.61. The average molecular weight is 494 g/mol. The molecule has 0 saturated heterocycles. The molecule has 1 atom stereocenters. The smallest absolute Gasteiger partial charge is 0.255 e. The van der Waals surface area contributed by atoms with Crippen molar-refractivity contribution in [2.75, 3.05) is 13.6 Å². The highest BCUT2D eigenvalue weighted by molar-refractivity contribution is 6.17. The first-order valence-electron chi connectivity index (χ1n) is 12.2. The zero-order chi connectivity index (χ0) is 25.4. The topological polar surface area (TPSA) is 52.7 Å². The molecule has 35 heavy (non-hydrogen) atoms.